The lowest BCUT2D eigenvalue weighted by molar-refractivity contribution is -0.384. The molecule has 1 saturated heterocycles. The number of halogens is 1. The Hall–Kier alpha value is -1.66. The molecule has 6 nitrogen and oxygen atoms in total. The maximum absolute atomic E-state index is 12.0. The first-order valence-electron chi connectivity index (χ1n) is 7.30. The van der Waals surface area contributed by atoms with Crippen LogP contribution in [-0.2, 0) is 4.79 Å². The first-order valence-corrected chi connectivity index (χ1v) is 7.30. The van der Waals surface area contributed by atoms with Gasteiger partial charge >= 0.3 is 0 Å². The zero-order valence-electron chi connectivity index (χ0n) is 12.6. The van der Waals surface area contributed by atoms with Gasteiger partial charge in [-0.1, -0.05) is 12.1 Å². The largest absolute Gasteiger partial charge is 0.350 e. The van der Waals surface area contributed by atoms with Gasteiger partial charge in [-0.15, -0.1) is 12.4 Å². The Balaban J connectivity index is 0.00000242. The van der Waals surface area contributed by atoms with Crippen LogP contribution in [0.15, 0.2) is 24.3 Å². The molecular formula is C15H22ClN3O3. The highest BCUT2D eigenvalue weighted by Gasteiger charge is 2.18. The number of nitro groups is 1. The summed E-state index contributed by atoms with van der Waals surface area (Å²) in [4.78, 5) is 22.4. The Bertz CT molecular complexity index is 519. The second-order valence-corrected chi connectivity index (χ2v) is 5.54. The lowest BCUT2D eigenvalue weighted by Gasteiger charge is -2.23. The number of nitro benzene ring substituents is 1. The third-order valence-corrected chi connectivity index (χ3v) is 3.89. The molecule has 0 aromatic heterocycles. The topological polar surface area (TPSA) is 84.3 Å². The van der Waals surface area contributed by atoms with Gasteiger partial charge in [0, 0.05) is 18.6 Å². The minimum Gasteiger partial charge on any atom is -0.350 e. The molecule has 7 heteroatoms. The van der Waals surface area contributed by atoms with E-state index < -0.39 is 4.92 Å². The smallest absolute Gasteiger partial charge is 0.269 e. The van der Waals surface area contributed by atoms with E-state index in [9.17, 15) is 14.9 Å². The average Bonchev–Trinajstić information content (AvgIpc) is 2.48. The van der Waals surface area contributed by atoms with Crippen molar-refractivity contribution in [3.05, 3.63) is 39.9 Å². The zero-order valence-corrected chi connectivity index (χ0v) is 13.4. The third-order valence-electron chi connectivity index (χ3n) is 3.89. The number of hydrogen-bond donors (Lipinski definition) is 2. The fraction of sp³-hybridized carbons (Fsp3) is 0.533. The first kappa shape index (κ1) is 18.4. The summed E-state index contributed by atoms with van der Waals surface area (Å²) in [6.07, 6.45) is 2.58. The molecule has 1 aromatic rings. The van der Waals surface area contributed by atoms with Gasteiger partial charge in [-0.2, -0.15) is 0 Å². The molecule has 1 unspecified atom stereocenters. The molecular weight excluding hydrogens is 306 g/mol. The zero-order chi connectivity index (χ0) is 15.2. The molecule has 0 radical (unpaired) electrons. The lowest BCUT2D eigenvalue weighted by atomic mass is 9.94. The van der Waals surface area contributed by atoms with Crippen molar-refractivity contribution < 1.29 is 9.72 Å². The van der Waals surface area contributed by atoms with Gasteiger partial charge in [-0.3, -0.25) is 14.9 Å². The molecule has 1 amide bonds. The minimum absolute atomic E-state index is 0. The maximum atomic E-state index is 12.0. The van der Waals surface area contributed by atoms with E-state index in [4.69, 9.17) is 0 Å². The molecule has 1 fully saturated rings. The highest BCUT2D eigenvalue weighted by molar-refractivity contribution is 5.85. The molecule has 0 aliphatic carbocycles. The Morgan fingerprint density at radius 1 is 1.45 bits per heavy atom. The normalized spacial score (nSPS) is 16.4. The fourth-order valence-corrected chi connectivity index (χ4v) is 2.64. The number of nitrogens with one attached hydrogen (secondary N) is 2. The van der Waals surface area contributed by atoms with Crippen molar-refractivity contribution in [3.63, 3.8) is 0 Å². The van der Waals surface area contributed by atoms with Crippen LogP contribution in [0.25, 0.3) is 0 Å². The van der Waals surface area contributed by atoms with E-state index in [1.54, 1.807) is 12.1 Å². The van der Waals surface area contributed by atoms with E-state index >= 15 is 0 Å². The van der Waals surface area contributed by atoms with Gasteiger partial charge in [0.25, 0.3) is 5.69 Å². The molecule has 122 valence electrons. The van der Waals surface area contributed by atoms with Crippen LogP contribution in [0.1, 0.15) is 37.8 Å². The summed E-state index contributed by atoms with van der Waals surface area (Å²) in [7, 11) is 0. The van der Waals surface area contributed by atoms with Gasteiger partial charge in [0.1, 0.15) is 0 Å². The van der Waals surface area contributed by atoms with Crippen LogP contribution in [0.3, 0.4) is 0 Å². The Labute approximate surface area is 136 Å². The monoisotopic (exact) mass is 327 g/mol. The summed E-state index contributed by atoms with van der Waals surface area (Å²) in [5.74, 6) is 0.449. The van der Waals surface area contributed by atoms with Crippen LogP contribution in [-0.4, -0.2) is 23.9 Å². The van der Waals surface area contributed by atoms with Crippen molar-refractivity contribution >= 4 is 24.0 Å². The fourth-order valence-electron chi connectivity index (χ4n) is 2.64. The van der Waals surface area contributed by atoms with Crippen molar-refractivity contribution in [1.82, 2.24) is 10.6 Å². The van der Waals surface area contributed by atoms with Crippen LogP contribution >= 0.6 is 12.4 Å². The molecule has 1 aliphatic rings. The molecule has 1 aliphatic heterocycles. The van der Waals surface area contributed by atoms with Crippen molar-refractivity contribution in [2.24, 2.45) is 5.92 Å². The van der Waals surface area contributed by atoms with Gasteiger partial charge in [-0.05, 0) is 44.3 Å². The van der Waals surface area contributed by atoms with E-state index in [0.29, 0.717) is 12.3 Å². The number of rotatable bonds is 5. The summed E-state index contributed by atoms with van der Waals surface area (Å²) in [5.41, 5.74) is 0.801. The van der Waals surface area contributed by atoms with Crippen LogP contribution in [0, 0.1) is 16.0 Å². The lowest BCUT2D eigenvalue weighted by Crippen LogP contribution is -2.33. The summed E-state index contributed by atoms with van der Waals surface area (Å²) in [6.45, 7) is 3.79. The third kappa shape index (κ3) is 5.27. The number of piperidine rings is 1. The summed E-state index contributed by atoms with van der Waals surface area (Å²) >= 11 is 0. The molecule has 1 heterocycles. The molecule has 2 rings (SSSR count). The minimum atomic E-state index is -0.424. The maximum Gasteiger partial charge on any atom is 0.269 e. The van der Waals surface area contributed by atoms with Crippen molar-refractivity contribution in [1.29, 1.82) is 0 Å². The van der Waals surface area contributed by atoms with E-state index in [1.807, 2.05) is 6.92 Å². The predicted octanol–water partition coefficient (Wildman–Crippen LogP) is 2.58. The SMILES string of the molecule is CC(NC(=O)CC1CCNCC1)c1cccc([N+](=O)[O-])c1.Cl. The van der Waals surface area contributed by atoms with Crippen LogP contribution in [0.5, 0.6) is 0 Å². The van der Waals surface area contributed by atoms with Gasteiger partial charge in [0.05, 0.1) is 11.0 Å². The van der Waals surface area contributed by atoms with Crippen LogP contribution in [0.2, 0.25) is 0 Å². The second kappa shape index (κ2) is 8.70. The molecule has 1 atom stereocenters. The van der Waals surface area contributed by atoms with Crippen molar-refractivity contribution in [2.45, 2.75) is 32.2 Å². The van der Waals surface area contributed by atoms with Crippen LogP contribution in [0.4, 0.5) is 5.69 Å². The van der Waals surface area contributed by atoms with Crippen molar-refractivity contribution in [2.75, 3.05) is 13.1 Å². The van der Waals surface area contributed by atoms with E-state index in [2.05, 4.69) is 10.6 Å². The van der Waals surface area contributed by atoms with Crippen LogP contribution < -0.4 is 10.6 Å². The second-order valence-electron chi connectivity index (χ2n) is 5.54. The molecule has 22 heavy (non-hydrogen) atoms. The Morgan fingerprint density at radius 3 is 2.77 bits per heavy atom. The summed E-state index contributed by atoms with van der Waals surface area (Å²) < 4.78 is 0. The number of non-ortho nitro benzene ring substituents is 1. The number of benzene rings is 1. The number of carbonyl (C=O) groups excluding carboxylic acids is 1. The molecule has 0 spiro atoms. The summed E-state index contributed by atoms with van der Waals surface area (Å²) in [6, 6.07) is 6.17. The number of amides is 1. The van der Waals surface area contributed by atoms with Gasteiger partial charge in [0.15, 0.2) is 0 Å². The molecule has 1 aromatic carbocycles. The highest BCUT2D eigenvalue weighted by atomic mass is 35.5. The molecule has 0 saturated carbocycles. The molecule has 0 bridgehead atoms. The quantitative estimate of drug-likeness (QED) is 0.643. The van der Waals surface area contributed by atoms with Gasteiger partial charge in [-0.25, -0.2) is 0 Å². The molecule has 2 N–H and O–H groups in total. The van der Waals surface area contributed by atoms with Gasteiger partial charge in [0.2, 0.25) is 5.91 Å². The number of carbonyl (C=O) groups is 1. The van der Waals surface area contributed by atoms with E-state index in [-0.39, 0.29) is 30.0 Å². The average molecular weight is 328 g/mol. The Morgan fingerprint density at radius 2 is 2.14 bits per heavy atom. The number of hydrogen-bond acceptors (Lipinski definition) is 4. The van der Waals surface area contributed by atoms with E-state index in [0.717, 1.165) is 31.5 Å². The number of nitrogens with zero attached hydrogens (tertiary/aromatic N) is 1. The highest BCUT2D eigenvalue weighted by Crippen LogP contribution is 2.20. The predicted molar refractivity (Wildman–Crippen MR) is 87.1 cm³/mol. The van der Waals surface area contributed by atoms with Crippen molar-refractivity contribution in [3.8, 4) is 0 Å². The van der Waals surface area contributed by atoms with Gasteiger partial charge < -0.3 is 10.6 Å². The van der Waals surface area contributed by atoms with E-state index in [1.165, 1.54) is 12.1 Å². The Kier molecular flexibility index (Phi) is 7.27. The first-order chi connectivity index (χ1) is 10.1. The summed E-state index contributed by atoms with van der Waals surface area (Å²) in [5, 5.41) is 17.0. The standard InChI is InChI=1S/C15H21N3O3.ClH/c1-11(13-3-2-4-14(10-13)18(20)21)17-15(19)9-12-5-7-16-8-6-12;/h2-4,10-12,16H,5-9H2,1H3,(H,17,19);1H.